The predicted octanol–water partition coefficient (Wildman–Crippen LogP) is 1.38. The van der Waals surface area contributed by atoms with E-state index in [-0.39, 0.29) is 5.75 Å². The Hall–Kier alpha value is -2.15. The molecule has 84 valence electrons. The summed E-state index contributed by atoms with van der Waals surface area (Å²) in [6.07, 6.45) is 3.29. The van der Waals surface area contributed by atoms with E-state index in [1.54, 1.807) is 29.0 Å². The van der Waals surface area contributed by atoms with Crippen molar-refractivity contribution >= 4 is 17.4 Å². The highest BCUT2D eigenvalue weighted by atomic mass is 32.2. The molecule has 3 rings (SSSR count). The first-order valence-electron chi connectivity index (χ1n) is 4.82. The second-order valence-electron chi connectivity index (χ2n) is 3.29. The SMILES string of the molecule is Oc1ccc(Sc2cncc3nnnn23)cc1. The van der Waals surface area contributed by atoms with Crippen LogP contribution in [0, 0.1) is 0 Å². The topological polar surface area (TPSA) is 76.2 Å². The van der Waals surface area contributed by atoms with Crippen LogP contribution in [0.3, 0.4) is 0 Å². The summed E-state index contributed by atoms with van der Waals surface area (Å²) < 4.78 is 1.62. The third kappa shape index (κ3) is 1.92. The van der Waals surface area contributed by atoms with Gasteiger partial charge in [0.1, 0.15) is 10.8 Å². The van der Waals surface area contributed by atoms with E-state index < -0.39 is 0 Å². The number of tetrazole rings is 1. The zero-order valence-corrected chi connectivity index (χ0v) is 9.37. The van der Waals surface area contributed by atoms with E-state index in [4.69, 9.17) is 0 Å². The van der Waals surface area contributed by atoms with Gasteiger partial charge < -0.3 is 5.11 Å². The molecule has 0 radical (unpaired) electrons. The van der Waals surface area contributed by atoms with Crippen molar-refractivity contribution < 1.29 is 5.11 Å². The van der Waals surface area contributed by atoms with E-state index in [0.29, 0.717) is 5.65 Å². The number of aromatic hydroxyl groups is 1. The molecule has 0 saturated carbocycles. The zero-order valence-electron chi connectivity index (χ0n) is 8.56. The molecular weight excluding hydrogens is 238 g/mol. The molecule has 0 bridgehead atoms. The minimum absolute atomic E-state index is 0.244. The van der Waals surface area contributed by atoms with Gasteiger partial charge in [-0.2, -0.15) is 4.52 Å². The van der Waals surface area contributed by atoms with E-state index in [9.17, 15) is 5.11 Å². The molecule has 0 aliphatic heterocycles. The highest BCUT2D eigenvalue weighted by Gasteiger charge is 2.05. The fraction of sp³-hybridized carbons (Fsp3) is 0. The predicted molar refractivity (Wildman–Crippen MR) is 60.8 cm³/mol. The Morgan fingerprint density at radius 3 is 2.76 bits per heavy atom. The summed E-state index contributed by atoms with van der Waals surface area (Å²) >= 11 is 1.48. The summed E-state index contributed by atoms with van der Waals surface area (Å²) in [5, 5.41) is 21.3. The second-order valence-corrected chi connectivity index (χ2v) is 4.38. The van der Waals surface area contributed by atoms with Crippen molar-refractivity contribution in [1.82, 2.24) is 25.0 Å². The van der Waals surface area contributed by atoms with E-state index in [2.05, 4.69) is 20.5 Å². The minimum atomic E-state index is 0.244. The molecule has 1 N–H and O–H groups in total. The van der Waals surface area contributed by atoms with Crippen molar-refractivity contribution in [2.75, 3.05) is 0 Å². The number of hydrogen-bond donors (Lipinski definition) is 1. The standard InChI is InChI=1S/C10H7N5OS/c16-7-1-3-8(4-2-7)17-10-6-11-5-9-12-13-14-15(9)10/h1-6,16H. The molecule has 6 nitrogen and oxygen atoms in total. The van der Waals surface area contributed by atoms with Crippen molar-refractivity contribution in [3.63, 3.8) is 0 Å². The van der Waals surface area contributed by atoms with Crippen LogP contribution in [0.2, 0.25) is 0 Å². The van der Waals surface area contributed by atoms with Crippen molar-refractivity contribution in [3.05, 3.63) is 36.7 Å². The van der Waals surface area contributed by atoms with Crippen LogP contribution in [0.1, 0.15) is 0 Å². The smallest absolute Gasteiger partial charge is 0.198 e. The highest BCUT2D eigenvalue weighted by molar-refractivity contribution is 7.99. The lowest BCUT2D eigenvalue weighted by atomic mass is 10.3. The van der Waals surface area contributed by atoms with Gasteiger partial charge in [-0.15, -0.1) is 5.10 Å². The van der Waals surface area contributed by atoms with Crippen LogP contribution in [0.4, 0.5) is 0 Å². The molecule has 0 unspecified atom stereocenters. The Labute approximate surface area is 100 Å². The number of phenols is 1. The fourth-order valence-corrected chi connectivity index (χ4v) is 2.20. The molecule has 17 heavy (non-hydrogen) atoms. The van der Waals surface area contributed by atoms with Crippen molar-refractivity contribution in [3.8, 4) is 5.75 Å². The Bertz CT molecular complexity index is 651. The maximum Gasteiger partial charge on any atom is 0.198 e. The molecular formula is C10H7N5OS. The Morgan fingerprint density at radius 2 is 1.94 bits per heavy atom. The molecule has 3 aromatic rings. The number of fused-ring (bicyclic) bond motifs is 1. The molecule has 0 spiro atoms. The van der Waals surface area contributed by atoms with Gasteiger partial charge in [0, 0.05) is 4.90 Å². The lowest BCUT2D eigenvalue weighted by Gasteiger charge is -2.02. The first kappa shape index (κ1) is 10.0. The average molecular weight is 245 g/mol. The Morgan fingerprint density at radius 1 is 1.12 bits per heavy atom. The average Bonchev–Trinajstić information content (AvgIpc) is 2.81. The van der Waals surface area contributed by atoms with Crippen LogP contribution >= 0.6 is 11.8 Å². The summed E-state index contributed by atoms with van der Waals surface area (Å²) in [6.45, 7) is 0. The van der Waals surface area contributed by atoms with Crippen molar-refractivity contribution in [1.29, 1.82) is 0 Å². The van der Waals surface area contributed by atoms with Crippen LogP contribution in [-0.2, 0) is 0 Å². The number of phenolic OH excluding ortho intramolecular Hbond substituents is 1. The maximum atomic E-state index is 9.20. The second kappa shape index (κ2) is 4.02. The zero-order chi connectivity index (χ0) is 11.7. The van der Waals surface area contributed by atoms with Crippen LogP contribution in [0.15, 0.2) is 46.6 Å². The first-order valence-corrected chi connectivity index (χ1v) is 5.63. The molecule has 2 heterocycles. The summed E-state index contributed by atoms with van der Waals surface area (Å²) in [5.74, 6) is 0.244. The lowest BCUT2D eigenvalue weighted by Crippen LogP contribution is -1.93. The molecule has 0 aliphatic rings. The van der Waals surface area contributed by atoms with E-state index in [0.717, 1.165) is 9.92 Å². The number of benzene rings is 1. The molecule has 0 amide bonds. The van der Waals surface area contributed by atoms with Gasteiger partial charge in [0.15, 0.2) is 5.65 Å². The molecule has 0 atom stereocenters. The number of aromatic nitrogens is 5. The highest BCUT2D eigenvalue weighted by Crippen LogP contribution is 2.27. The van der Waals surface area contributed by atoms with Gasteiger partial charge in [-0.05, 0) is 34.7 Å². The molecule has 0 fully saturated rings. The molecule has 0 aliphatic carbocycles. The van der Waals surface area contributed by atoms with Crippen LogP contribution < -0.4 is 0 Å². The summed E-state index contributed by atoms with van der Waals surface area (Å²) in [5.41, 5.74) is 0.605. The normalized spacial score (nSPS) is 10.8. The minimum Gasteiger partial charge on any atom is -0.508 e. The first-order chi connectivity index (χ1) is 8.33. The third-order valence-electron chi connectivity index (χ3n) is 2.14. The van der Waals surface area contributed by atoms with Crippen LogP contribution in [0.25, 0.3) is 5.65 Å². The van der Waals surface area contributed by atoms with Crippen molar-refractivity contribution in [2.45, 2.75) is 9.92 Å². The third-order valence-corrected chi connectivity index (χ3v) is 3.13. The monoisotopic (exact) mass is 245 g/mol. The Balaban J connectivity index is 1.99. The fourth-order valence-electron chi connectivity index (χ4n) is 1.36. The Kier molecular flexibility index (Phi) is 2.37. The van der Waals surface area contributed by atoms with E-state index in [1.165, 1.54) is 11.8 Å². The molecule has 2 aromatic heterocycles. The maximum absolute atomic E-state index is 9.20. The largest absolute Gasteiger partial charge is 0.508 e. The molecule has 7 heteroatoms. The van der Waals surface area contributed by atoms with E-state index >= 15 is 0 Å². The van der Waals surface area contributed by atoms with Gasteiger partial charge in [-0.1, -0.05) is 11.8 Å². The summed E-state index contributed by atoms with van der Waals surface area (Å²) in [7, 11) is 0. The number of hydrogen-bond acceptors (Lipinski definition) is 6. The molecule has 1 aromatic carbocycles. The quantitative estimate of drug-likeness (QED) is 0.735. The summed E-state index contributed by atoms with van der Waals surface area (Å²) in [4.78, 5) is 5.04. The lowest BCUT2D eigenvalue weighted by molar-refractivity contribution is 0.475. The van der Waals surface area contributed by atoms with Crippen LogP contribution in [-0.4, -0.2) is 30.1 Å². The van der Waals surface area contributed by atoms with Crippen LogP contribution in [0.5, 0.6) is 5.75 Å². The van der Waals surface area contributed by atoms with Gasteiger partial charge in [0.25, 0.3) is 0 Å². The molecule has 0 saturated heterocycles. The van der Waals surface area contributed by atoms with Gasteiger partial charge >= 0.3 is 0 Å². The summed E-state index contributed by atoms with van der Waals surface area (Å²) in [6, 6.07) is 6.91. The number of rotatable bonds is 2. The van der Waals surface area contributed by atoms with Gasteiger partial charge in [0.05, 0.1) is 12.4 Å². The van der Waals surface area contributed by atoms with Gasteiger partial charge in [0.2, 0.25) is 0 Å². The van der Waals surface area contributed by atoms with Crippen molar-refractivity contribution in [2.24, 2.45) is 0 Å². The van der Waals surface area contributed by atoms with Gasteiger partial charge in [-0.3, -0.25) is 4.98 Å². The number of nitrogens with zero attached hydrogens (tertiary/aromatic N) is 5. The van der Waals surface area contributed by atoms with E-state index in [1.807, 2.05) is 12.1 Å². The van der Waals surface area contributed by atoms with Gasteiger partial charge in [-0.25, -0.2) is 0 Å².